The van der Waals surface area contributed by atoms with Gasteiger partial charge in [0.15, 0.2) is 0 Å². The molecule has 0 bridgehead atoms. The van der Waals surface area contributed by atoms with E-state index < -0.39 is 0 Å². The predicted molar refractivity (Wildman–Crippen MR) is 71.9 cm³/mol. The number of nitrogens with zero attached hydrogens (tertiary/aromatic N) is 1. The summed E-state index contributed by atoms with van der Waals surface area (Å²) >= 11 is 11.9. The molecular weight excluding hydrogens is 376 g/mol. The Morgan fingerprint density at radius 1 is 1.43 bits per heavy atom. The first kappa shape index (κ1) is 10.6. The quantitative estimate of drug-likeness (QED) is 0.609. The molecule has 0 aliphatic rings. The first-order valence-electron chi connectivity index (χ1n) is 4.00. The molecule has 0 aliphatic heterocycles. The molecular formula is C10H6BrClIN. The van der Waals surface area contributed by atoms with Gasteiger partial charge in [0, 0.05) is 16.1 Å². The molecule has 4 heteroatoms. The fourth-order valence-electron chi connectivity index (χ4n) is 1.27. The molecule has 0 unspecified atom stereocenters. The number of hydrogen-bond acceptors (Lipinski definition) is 1. The van der Waals surface area contributed by atoms with Gasteiger partial charge in [0.1, 0.15) is 0 Å². The van der Waals surface area contributed by atoms with Crippen LogP contribution >= 0.6 is 50.1 Å². The number of pyridine rings is 1. The first-order valence-corrected chi connectivity index (χ1v) is 6.25. The second-order valence-corrected chi connectivity index (χ2v) is 5.32. The van der Waals surface area contributed by atoms with Crippen LogP contribution in [0.1, 0.15) is 5.56 Å². The summed E-state index contributed by atoms with van der Waals surface area (Å²) in [6.45, 7) is 1.96. The van der Waals surface area contributed by atoms with Crippen molar-refractivity contribution in [1.82, 2.24) is 4.98 Å². The molecule has 1 nitrogen and oxygen atoms in total. The Hall–Kier alpha value is 0.130. The minimum atomic E-state index is 0.792. The van der Waals surface area contributed by atoms with Crippen molar-refractivity contribution in [2.75, 3.05) is 0 Å². The fourth-order valence-corrected chi connectivity index (χ4v) is 2.40. The van der Waals surface area contributed by atoms with Crippen LogP contribution < -0.4 is 0 Å². The van der Waals surface area contributed by atoms with E-state index in [0.717, 1.165) is 29.5 Å². The zero-order valence-electron chi connectivity index (χ0n) is 7.31. The molecule has 1 aromatic carbocycles. The van der Waals surface area contributed by atoms with Crippen LogP contribution in [0.25, 0.3) is 10.9 Å². The van der Waals surface area contributed by atoms with Gasteiger partial charge in [-0.05, 0) is 57.1 Å². The highest BCUT2D eigenvalue weighted by molar-refractivity contribution is 14.1. The van der Waals surface area contributed by atoms with Gasteiger partial charge in [0.2, 0.25) is 0 Å². The summed E-state index contributed by atoms with van der Waals surface area (Å²) in [5.41, 5.74) is 1.97. The van der Waals surface area contributed by atoms with E-state index in [1.54, 1.807) is 6.20 Å². The number of aryl methyl sites for hydroxylation is 1. The number of halogens is 3. The lowest BCUT2D eigenvalue weighted by molar-refractivity contribution is 1.32. The molecule has 0 saturated heterocycles. The molecule has 0 N–H and O–H groups in total. The minimum Gasteiger partial charge on any atom is -0.255 e. The number of hydrogen-bond donors (Lipinski definition) is 0. The zero-order valence-corrected chi connectivity index (χ0v) is 11.8. The Morgan fingerprint density at radius 2 is 2.14 bits per heavy atom. The van der Waals surface area contributed by atoms with Gasteiger partial charge in [-0.2, -0.15) is 0 Å². The molecule has 72 valence electrons. The van der Waals surface area contributed by atoms with Crippen molar-refractivity contribution in [1.29, 1.82) is 0 Å². The van der Waals surface area contributed by atoms with Crippen LogP contribution in [-0.4, -0.2) is 4.98 Å². The number of rotatable bonds is 0. The summed E-state index contributed by atoms with van der Waals surface area (Å²) in [5.74, 6) is 0. The summed E-state index contributed by atoms with van der Waals surface area (Å²) in [4.78, 5) is 4.38. The SMILES string of the molecule is Cc1cnc2c(I)c(Br)ccc2c1Cl. The lowest BCUT2D eigenvalue weighted by Gasteiger charge is -2.05. The van der Waals surface area contributed by atoms with Crippen molar-refractivity contribution in [3.8, 4) is 0 Å². The number of aromatic nitrogens is 1. The van der Waals surface area contributed by atoms with Gasteiger partial charge in [0.05, 0.1) is 14.1 Å². The standard InChI is InChI=1S/C10H6BrClIN/c1-5-4-14-10-6(8(5)12)2-3-7(11)9(10)13/h2-4H,1H3. The van der Waals surface area contributed by atoms with Crippen molar-refractivity contribution >= 4 is 61.0 Å². The van der Waals surface area contributed by atoms with Crippen LogP contribution in [0.3, 0.4) is 0 Å². The molecule has 0 radical (unpaired) electrons. The number of fused-ring (bicyclic) bond motifs is 1. The molecule has 0 aliphatic carbocycles. The maximum absolute atomic E-state index is 6.19. The monoisotopic (exact) mass is 381 g/mol. The minimum absolute atomic E-state index is 0.792. The van der Waals surface area contributed by atoms with Crippen molar-refractivity contribution in [2.24, 2.45) is 0 Å². The Labute approximate surface area is 109 Å². The van der Waals surface area contributed by atoms with Crippen LogP contribution in [0, 0.1) is 10.5 Å². The van der Waals surface area contributed by atoms with Gasteiger partial charge in [-0.25, -0.2) is 0 Å². The third-order valence-electron chi connectivity index (χ3n) is 2.04. The second-order valence-electron chi connectivity index (χ2n) is 3.01. The van der Waals surface area contributed by atoms with Crippen molar-refractivity contribution in [3.05, 3.63) is 37.0 Å². The summed E-state index contributed by atoms with van der Waals surface area (Å²) in [5, 5.41) is 1.81. The summed E-state index contributed by atoms with van der Waals surface area (Å²) < 4.78 is 2.15. The van der Waals surface area contributed by atoms with Gasteiger partial charge >= 0.3 is 0 Å². The lowest BCUT2D eigenvalue weighted by atomic mass is 10.2. The van der Waals surface area contributed by atoms with E-state index in [-0.39, 0.29) is 0 Å². The number of benzene rings is 1. The van der Waals surface area contributed by atoms with Crippen LogP contribution in [0.2, 0.25) is 5.02 Å². The maximum atomic E-state index is 6.19. The highest BCUT2D eigenvalue weighted by Crippen LogP contribution is 2.31. The third kappa shape index (κ3) is 1.66. The summed E-state index contributed by atoms with van der Waals surface area (Å²) in [6.07, 6.45) is 1.80. The first-order chi connectivity index (χ1) is 6.61. The van der Waals surface area contributed by atoms with E-state index in [4.69, 9.17) is 11.6 Å². The highest BCUT2D eigenvalue weighted by Gasteiger charge is 2.08. The molecule has 14 heavy (non-hydrogen) atoms. The highest BCUT2D eigenvalue weighted by atomic mass is 127. The average Bonchev–Trinajstić information content (AvgIpc) is 2.17. The largest absolute Gasteiger partial charge is 0.255 e. The van der Waals surface area contributed by atoms with Gasteiger partial charge < -0.3 is 0 Å². The van der Waals surface area contributed by atoms with E-state index in [1.807, 2.05) is 19.1 Å². The van der Waals surface area contributed by atoms with Crippen LogP contribution in [0.15, 0.2) is 22.8 Å². The van der Waals surface area contributed by atoms with Crippen LogP contribution in [-0.2, 0) is 0 Å². The maximum Gasteiger partial charge on any atom is 0.0861 e. The molecule has 1 aromatic heterocycles. The Bertz CT molecular complexity index is 466. The van der Waals surface area contributed by atoms with Crippen LogP contribution in [0.5, 0.6) is 0 Å². The molecule has 0 atom stereocenters. The van der Waals surface area contributed by atoms with Crippen LogP contribution in [0.4, 0.5) is 0 Å². The molecule has 0 fully saturated rings. The lowest BCUT2D eigenvalue weighted by Crippen LogP contribution is -1.87. The molecule has 2 rings (SSSR count). The zero-order chi connectivity index (χ0) is 10.3. The smallest absolute Gasteiger partial charge is 0.0861 e. The van der Waals surface area contributed by atoms with Gasteiger partial charge in [0.25, 0.3) is 0 Å². The van der Waals surface area contributed by atoms with Crippen molar-refractivity contribution in [2.45, 2.75) is 6.92 Å². The van der Waals surface area contributed by atoms with Gasteiger partial charge in [-0.1, -0.05) is 17.7 Å². The molecule has 0 saturated carbocycles. The van der Waals surface area contributed by atoms with E-state index in [2.05, 4.69) is 43.5 Å². The average molecular weight is 382 g/mol. The third-order valence-corrected chi connectivity index (χ3v) is 5.03. The summed E-state index contributed by atoms with van der Waals surface area (Å²) in [7, 11) is 0. The topological polar surface area (TPSA) is 12.9 Å². The normalized spacial score (nSPS) is 10.9. The molecule has 2 aromatic rings. The predicted octanol–water partition coefficient (Wildman–Crippen LogP) is 4.56. The molecule has 0 amide bonds. The summed E-state index contributed by atoms with van der Waals surface area (Å²) in [6, 6.07) is 3.99. The van der Waals surface area contributed by atoms with E-state index in [0.29, 0.717) is 0 Å². The van der Waals surface area contributed by atoms with E-state index in [1.165, 1.54) is 0 Å². The van der Waals surface area contributed by atoms with E-state index in [9.17, 15) is 0 Å². The van der Waals surface area contributed by atoms with Crippen molar-refractivity contribution < 1.29 is 0 Å². The molecule has 1 heterocycles. The van der Waals surface area contributed by atoms with Gasteiger partial charge in [-0.15, -0.1) is 0 Å². The van der Waals surface area contributed by atoms with Crippen molar-refractivity contribution in [3.63, 3.8) is 0 Å². The Balaban J connectivity index is 2.94. The second kappa shape index (κ2) is 3.94. The fraction of sp³-hybridized carbons (Fsp3) is 0.100. The van der Waals surface area contributed by atoms with Gasteiger partial charge in [-0.3, -0.25) is 4.98 Å². The molecule has 0 spiro atoms. The Morgan fingerprint density at radius 3 is 2.86 bits per heavy atom. The Kier molecular flexibility index (Phi) is 3.00. The van der Waals surface area contributed by atoms with E-state index >= 15 is 0 Å².